The maximum atomic E-state index is 12.9. The number of fused-ring (bicyclic) bond motifs is 2. The molecule has 0 aliphatic heterocycles. The van der Waals surface area contributed by atoms with Crippen molar-refractivity contribution in [2.45, 2.75) is 38.6 Å². The molecule has 3 nitrogen and oxygen atoms in total. The Bertz CT molecular complexity index is 1050. The van der Waals surface area contributed by atoms with Crippen molar-refractivity contribution < 1.29 is 4.79 Å². The molecule has 0 aromatic heterocycles. The summed E-state index contributed by atoms with van der Waals surface area (Å²) < 4.78 is 0. The maximum absolute atomic E-state index is 12.9. The second kappa shape index (κ2) is 7.86. The number of amides is 1. The topological polar surface area (TPSA) is 52.9 Å². The van der Waals surface area contributed by atoms with Gasteiger partial charge in [-0.1, -0.05) is 68.3 Å². The van der Waals surface area contributed by atoms with Gasteiger partial charge in [0.2, 0.25) is 0 Å². The normalized spacial score (nSPS) is 20.1. The highest BCUT2D eigenvalue weighted by atomic mass is 16.1. The first-order valence-corrected chi connectivity index (χ1v) is 10.0. The van der Waals surface area contributed by atoms with Crippen molar-refractivity contribution in [1.82, 2.24) is 5.32 Å². The highest BCUT2D eigenvalue weighted by molar-refractivity contribution is 6.11. The van der Waals surface area contributed by atoms with Gasteiger partial charge in [-0.2, -0.15) is 5.26 Å². The zero-order valence-electron chi connectivity index (χ0n) is 16.1. The lowest BCUT2D eigenvalue weighted by Gasteiger charge is -2.29. The third-order valence-electron chi connectivity index (χ3n) is 5.89. The Morgan fingerprint density at radius 3 is 2.25 bits per heavy atom. The van der Waals surface area contributed by atoms with E-state index in [0.717, 1.165) is 46.4 Å². The predicted octanol–water partition coefficient (Wildman–Crippen LogP) is 5.59. The lowest BCUT2D eigenvalue weighted by molar-refractivity contribution is -0.118. The highest BCUT2D eigenvalue weighted by Crippen LogP contribution is 2.30. The molecular formula is C25H24N2O. The number of nitriles is 1. The monoisotopic (exact) mass is 368 g/mol. The molecule has 3 heteroatoms. The summed E-state index contributed by atoms with van der Waals surface area (Å²) in [5.74, 6) is 0.189. The minimum Gasteiger partial charge on any atom is -0.348 e. The smallest absolute Gasteiger partial charge is 0.262 e. The molecule has 0 spiro atoms. The second-order valence-corrected chi connectivity index (χ2v) is 7.74. The molecule has 1 aliphatic rings. The average Bonchev–Trinajstić information content (AvgIpc) is 2.72. The molecule has 2 atom stereocenters. The third-order valence-corrected chi connectivity index (χ3v) is 5.89. The fraction of sp³-hybridized carbons (Fsp3) is 0.280. The van der Waals surface area contributed by atoms with E-state index in [4.69, 9.17) is 0 Å². The Morgan fingerprint density at radius 1 is 1.04 bits per heavy atom. The van der Waals surface area contributed by atoms with Crippen LogP contribution in [0.2, 0.25) is 0 Å². The van der Waals surface area contributed by atoms with Gasteiger partial charge in [0.25, 0.3) is 5.91 Å². The number of hydrogen-bond acceptors (Lipinski definition) is 2. The number of rotatable bonds is 3. The number of hydrogen-bond donors (Lipinski definition) is 1. The Morgan fingerprint density at radius 2 is 1.64 bits per heavy atom. The summed E-state index contributed by atoms with van der Waals surface area (Å²) >= 11 is 0. The van der Waals surface area contributed by atoms with Crippen LogP contribution < -0.4 is 5.32 Å². The molecule has 28 heavy (non-hydrogen) atoms. The lowest BCUT2D eigenvalue weighted by atomic mass is 9.86. The number of nitrogens with one attached hydrogen (secondary N) is 1. The van der Waals surface area contributed by atoms with Crippen LogP contribution in [-0.4, -0.2) is 11.9 Å². The van der Waals surface area contributed by atoms with Crippen LogP contribution in [0.5, 0.6) is 0 Å². The Labute approximate surface area is 165 Å². The minimum atomic E-state index is -0.265. The van der Waals surface area contributed by atoms with Gasteiger partial charge in [-0.15, -0.1) is 0 Å². The molecule has 1 amide bonds. The Hall–Kier alpha value is -3.12. The van der Waals surface area contributed by atoms with Gasteiger partial charge in [-0.25, -0.2) is 0 Å². The van der Waals surface area contributed by atoms with Gasteiger partial charge in [0, 0.05) is 6.04 Å². The lowest BCUT2D eigenvalue weighted by Crippen LogP contribution is -2.41. The van der Waals surface area contributed by atoms with E-state index < -0.39 is 0 Å². The number of benzene rings is 3. The van der Waals surface area contributed by atoms with Gasteiger partial charge in [-0.3, -0.25) is 4.79 Å². The minimum absolute atomic E-state index is 0.155. The summed E-state index contributed by atoms with van der Waals surface area (Å²) in [5, 5.41) is 17.1. The van der Waals surface area contributed by atoms with Crippen LogP contribution in [0.4, 0.5) is 0 Å². The van der Waals surface area contributed by atoms with Gasteiger partial charge in [0.15, 0.2) is 0 Å². The number of carbonyl (C=O) groups is 1. The number of nitrogens with zero attached hydrogens (tertiary/aromatic N) is 1. The first kappa shape index (κ1) is 18.3. The molecule has 0 radical (unpaired) electrons. The van der Waals surface area contributed by atoms with E-state index in [1.165, 1.54) is 6.42 Å². The molecule has 140 valence electrons. The molecule has 0 saturated heterocycles. The van der Waals surface area contributed by atoms with Crippen LogP contribution in [0.25, 0.3) is 27.6 Å². The van der Waals surface area contributed by atoms with E-state index in [1.54, 1.807) is 6.08 Å². The standard InChI is InChI=1S/C25H24N2O/c1-17-8-2-7-13-24(17)27-25(28)20(16-26)15-23-21-11-5-3-9-18(21)14-19-10-4-6-12-22(19)23/h3-6,9-12,14-15,17,24H,2,7-8,13H2,1H3,(H,27,28)/b20-15+/t17-,24-/m1/s1. The summed E-state index contributed by atoms with van der Waals surface area (Å²) in [6.07, 6.45) is 6.23. The summed E-state index contributed by atoms with van der Waals surface area (Å²) in [4.78, 5) is 12.9. The van der Waals surface area contributed by atoms with Crippen molar-refractivity contribution in [3.63, 3.8) is 0 Å². The average molecular weight is 368 g/mol. The van der Waals surface area contributed by atoms with Crippen molar-refractivity contribution in [3.05, 3.63) is 65.7 Å². The van der Waals surface area contributed by atoms with Crippen molar-refractivity contribution >= 4 is 33.5 Å². The molecule has 1 N–H and O–H groups in total. The fourth-order valence-electron chi connectivity index (χ4n) is 4.27. The summed E-state index contributed by atoms with van der Waals surface area (Å²) in [6.45, 7) is 2.18. The number of carbonyl (C=O) groups excluding carboxylic acids is 1. The van der Waals surface area contributed by atoms with Gasteiger partial charge in [0.05, 0.1) is 0 Å². The molecule has 1 saturated carbocycles. The van der Waals surface area contributed by atoms with E-state index in [-0.39, 0.29) is 17.5 Å². The van der Waals surface area contributed by atoms with Crippen LogP contribution in [0, 0.1) is 17.2 Å². The zero-order valence-corrected chi connectivity index (χ0v) is 16.1. The molecule has 3 aromatic rings. The summed E-state index contributed by atoms with van der Waals surface area (Å²) in [5.41, 5.74) is 1.09. The van der Waals surface area contributed by atoms with Gasteiger partial charge in [-0.05, 0) is 58.0 Å². The first-order chi connectivity index (χ1) is 13.7. The first-order valence-electron chi connectivity index (χ1n) is 10.0. The van der Waals surface area contributed by atoms with Crippen LogP contribution in [0.15, 0.2) is 60.2 Å². The van der Waals surface area contributed by atoms with Crippen LogP contribution in [-0.2, 0) is 4.79 Å². The predicted molar refractivity (Wildman–Crippen MR) is 115 cm³/mol. The second-order valence-electron chi connectivity index (χ2n) is 7.74. The van der Waals surface area contributed by atoms with Gasteiger partial charge < -0.3 is 5.32 Å². The van der Waals surface area contributed by atoms with E-state index in [1.807, 2.05) is 36.4 Å². The van der Waals surface area contributed by atoms with Crippen molar-refractivity contribution in [3.8, 4) is 6.07 Å². The zero-order chi connectivity index (χ0) is 19.5. The largest absolute Gasteiger partial charge is 0.348 e. The third kappa shape index (κ3) is 3.51. The molecule has 1 aliphatic carbocycles. The fourth-order valence-corrected chi connectivity index (χ4v) is 4.27. The van der Waals surface area contributed by atoms with E-state index in [9.17, 15) is 10.1 Å². The molecule has 1 fully saturated rings. The van der Waals surface area contributed by atoms with Crippen LogP contribution >= 0.6 is 0 Å². The van der Waals surface area contributed by atoms with Gasteiger partial charge >= 0.3 is 0 Å². The van der Waals surface area contributed by atoms with E-state index in [0.29, 0.717) is 5.92 Å². The molecule has 0 bridgehead atoms. The molecule has 3 aromatic carbocycles. The molecule has 4 rings (SSSR count). The summed E-state index contributed by atoms with van der Waals surface area (Å²) in [6, 6.07) is 20.7. The van der Waals surface area contributed by atoms with Crippen LogP contribution in [0.3, 0.4) is 0 Å². The van der Waals surface area contributed by atoms with Crippen molar-refractivity contribution in [2.75, 3.05) is 0 Å². The van der Waals surface area contributed by atoms with Gasteiger partial charge in [0.1, 0.15) is 11.6 Å². The Balaban J connectivity index is 1.78. The maximum Gasteiger partial charge on any atom is 0.262 e. The van der Waals surface area contributed by atoms with E-state index >= 15 is 0 Å². The summed E-state index contributed by atoms with van der Waals surface area (Å²) in [7, 11) is 0. The SMILES string of the molecule is C[C@@H]1CCCC[C@H]1NC(=O)/C(C#N)=C/c1c2ccccc2cc2ccccc12. The van der Waals surface area contributed by atoms with Crippen LogP contribution in [0.1, 0.15) is 38.2 Å². The molecular weight excluding hydrogens is 344 g/mol. The molecule has 0 heterocycles. The Kier molecular flexibility index (Phi) is 5.12. The van der Waals surface area contributed by atoms with E-state index in [2.05, 4.69) is 36.5 Å². The van der Waals surface area contributed by atoms with Crippen molar-refractivity contribution in [1.29, 1.82) is 5.26 Å². The molecule has 0 unspecified atom stereocenters. The quantitative estimate of drug-likeness (QED) is 0.372. The highest BCUT2D eigenvalue weighted by Gasteiger charge is 2.24. The van der Waals surface area contributed by atoms with Crippen molar-refractivity contribution in [2.24, 2.45) is 5.92 Å².